The molecule has 5 aromatic carbocycles. The van der Waals surface area contributed by atoms with Crippen LogP contribution in [0.5, 0.6) is 11.5 Å². The van der Waals surface area contributed by atoms with E-state index in [1.54, 1.807) is 36.4 Å². The van der Waals surface area contributed by atoms with Crippen LogP contribution in [0, 0.1) is 0 Å². The maximum Gasteiger partial charge on any atom is 0.337 e. The third-order valence-electron chi connectivity index (χ3n) is 6.02. The smallest absolute Gasteiger partial charge is 0.337 e. The van der Waals surface area contributed by atoms with Crippen molar-refractivity contribution in [2.75, 3.05) is 11.8 Å². The molecule has 0 atom stereocenters. The van der Waals surface area contributed by atoms with Crippen LogP contribution in [0.15, 0.2) is 95.9 Å². The number of hydrogen-bond acceptors (Lipinski definition) is 6. The van der Waals surface area contributed by atoms with E-state index in [1.165, 1.54) is 37.4 Å². The number of nitrogens with one attached hydrogen (secondary N) is 1. The van der Waals surface area contributed by atoms with Crippen LogP contribution in [0.4, 0.5) is 5.69 Å². The highest BCUT2D eigenvalue weighted by Gasteiger charge is 2.21. The van der Waals surface area contributed by atoms with E-state index in [1.807, 2.05) is 24.3 Å². The van der Waals surface area contributed by atoms with Crippen molar-refractivity contribution in [2.24, 2.45) is 0 Å². The second-order valence-electron chi connectivity index (χ2n) is 8.17. The molecule has 0 heterocycles. The number of sulfonamides is 1. The SMILES string of the molecule is COC(=O)c1ccc(S(=O)(=O)Nc2cc(-c3c(O)ccc4ccccc34)c(O)c3ccccc23)cc1. The van der Waals surface area contributed by atoms with Crippen molar-refractivity contribution < 1.29 is 28.2 Å². The topological polar surface area (TPSA) is 113 Å². The van der Waals surface area contributed by atoms with Gasteiger partial charge < -0.3 is 14.9 Å². The number of hydrogen-bond donors (Lipinski definition) is 3. The molecule has 0 radical (unpaired) electrons. The van der Waals surface area contributed by atoms with E-state index in [0.717, 1.165) is 5.39 Å². The zero-order chi connectivity index (χ0) is 25.4. The summed E-state index contributed by atoms with van der Waals surface area (Å²) in [5.74, 6) is -0.704. The highest BCUT2D eigenvalue weighted by Crippen LogP contribution is 2.46. The normalized spacial score (nSPS) is 11.5. The molecule has 0 aliphatic carbocycles. The summed E-state index contributed by atoms with van der Waals surface area (Å²) < 4.78 is 33.8. The van der Waals surface area contributed by atoms with Gasteiger partial charge in [0, 0.05) is 21.9 Å². The van der Waals surface area contributed by atoms with E-state index < -0.39 is 16.0 Å². The highest BCUT2D eigenvalue weighted by molar-refractivity contribution is 7.92. The van der Waals surface area contributed by atoms with Gasteiger partial charge in [-0.3, -0.25) is 4.72 Å². The summed E-state index contributed by atoms with van der Waals surface area (Å²) in [6.45, 7) is 0. The van der Waals surface area contributed by atoms with Gasteiger partial charge in [-0.25, -0.2) is 13.2 Å². The molecular formula is C28H21NO6S. The molecule has 5 rings (SSSR count). The number of ether oxygens (including phenoxy) is 1. The van der Waals surface area contributed by atoms with Gasteiger partial charge in [0.25, 0.3) is 10.0 Å². The number of carbonyl (C=O) groups excluding carboxylic acids is 1. The summed E-state index contributed by atoms with van der Waals surface area (Å²) in [4.78, 5) is 11.7. The molecule has 180 valence electrons. The zero-order valence-electron chi connectivity index (χ0n) is 19.1. The van der Waals surface area contributed by atoms with Gasteiger partial charge >= 0.3 is 5.97 Å². The fourth-order valence-electron chi connectivity index (χ4n) is 4.27. The van der Waals surface area contributed by atoms with Gasteiger partial charge in [-0.05, 0) is 47.2 Å². The maximum absolute atomic E-state index is 13.3. The van der Waals surface area contributed by atoms with Crippen molar-refractivity contribution >= 4 is 43.2 Å². The fraction of sp³-hybridized carbons (Fsp3) is 0.0357. The molecular weight excluding hydrogens is 478 g/mol. The first-order chi connectivity index (χ1) is 17.3. The predicted octanol–water partition coefficient (Wildman–Crippen LogP) is 5.66. The average Bonchev–Trinajstić information content (AvgIpc) is 2.90. The predicted molar refractivity (Wildman–Crippen MR) is 139 cm³/mol. The van der Waals surface area contributed by atoms with Crippen LogP contribution >= 0.6 is 0 Å². The largest absolute Gasteiger partial charge is 0.507 e. The van der Waals surface area contributed by atoms with E-state index >= 15 is 0 Å². The van der Waals surface area contributed by atoms with E-state index in [0.29, 0.717) is 21.7 Å². The Labute approximate surface area is 207 Å². The van der Waals surface area contributed by atoms with Crippen molar-refractivity contribution in [1.29, 1.82) is 0 Å². The van der Waals surface area contributed by atoms with Crippen LogP contribution in [0.1, 0.15) is 10.4 Å². The Bertz CT molecular complexity index is 1740. The first-order valence-corrected chi connectivity index (χ1v) is 12.5. The summed E-state index contributed by atoms with van der Waals surface area (Å²) in [7, 11) is -2.82. The molecule has 0 saturated heterocycles. The fourth-order valence-corrected chi connectivity index (χ4v) is 5.34. The molecule has 0 unspecified atom stereocenters. The van der Waals surface area contributed by atoms with E-state index in [4.69, 9.17) is 0 Å². The van der Waals surface area contributed by atoms with Crippen LogP contribution in [0.2, 0.25) is 0 Å². The lowest BCUT2D eigenvalue weighted by molar-refractivity contribution is 0.0600. The Balaban J connectivity index is 1.68. The molecule has 0 fully saturated rings. The number of carbonyl (C=O) groups is 1. The van der Waals surface area contributed by atoms with Crippen LogP contribution in [0.25, 0.3) is 32.7 Å². The molecule has 0 spiro atoms. The number of anilines is 1. The van der Waals surface area contributed by atoms with Gasteiger partial charge in [0.2, 0.25) is 0 Å². The van der Waals surface area contributed by atoms with E-state index in [-0.39, 0.29) is 33.2 Å². The zero-order valence-corrected chi connectivity index (χ0v) is 19.9. The van der Waals surface area contributed by atoms with Gasteiger partial charge in [-0.2, -0.15) is 0 Å². The number of rotatable bonds is 5. The van der Waals surface area contributed by atoms with E-state index in [9.17, 15) is 23.4 Å². The first-order valence-electron chi connectivity index (χ1n) is 11.0. The Morgan fingerprint density at radius 2 is 1.44 bits per heavy atom. The number of phenols is 2. The summed E-state index contributed by atoms with van der Waals surface area (Å²) in [6, 6.07) is 24.4. The second kappa shape index (κ2) is 8.90. The molecule has 36 heavy (non-hydrogen) atoms. The third kappa shape index (κ3) is 3.97. The Morgan fingerprint density at radius 1 is 0.806 bits per heavy atom. The Kier molecular flexibility index (Phi) is 5.74. The molecule has 0 aromatic heterocycles. The second-order valence-corrected chi connectivity index (χ2v) is 9.85. The van der Waals surface area contributed by atoms with Gasteiger partial charge in [0.05, 0.1) is 23.3 Å². The van der Waals surface area contributed by atoms with Crippen molar-refractivity contribution in [2.45, 2.75) is 4.90 Å². The maximum atomic E-state index is 13.3. The lowest BCUT2D eigenvalue weighted by Crippen LogP contribution is -2.14. The molecule has 0 aliphatic rings. The molecule has 0 saturated carbocycles. The average molecular weight is 500 g/mol. The number of esters is 1. The monoisotopic (exact) mass is 499 g/mol. The number of phenolic OH excluding ortho intramolecular Hbond substituents is 2. The molecule has 5 aromatic rings. The van der Waals surface area contributed by atoms with Gasteiger partial charge in [-0.15, -0.1) is 0 Å². The van der Waals surface area contributed by atoms with Crippen LogP contribution in [0.3, 0.4) is 0 Å². The van der Waals surface area contributed by atoms with E-state index in [2.05, 4.69) is 9.46 Å². The number of methoxy groups -OCH3 is 1. The van der Waals surface area contributed by atoms with Crippen LogP contribution < -0.4 is 4.72 Å². The Hall–Kier alpha value is -4.56. The summed E-state index contributed by atoms with van der Waals surface area (Å²) in [5, 5.41) is 24.4. The van der Waals surface area contributed by atoms with Gasteiger partial charge in [0.15, 0.2) is 0 Å². The summed E-state index contributed by atoms with van der Waals surface area (Å²) in [5.41, 5.74) is 1.11. The highest BCUT2D eigenvalue weighted by atomic mass is 32.2. The van der Waals surface area contributed by atoms with Crippen LogP contribution in [-0.2, 0) is 14.8 Å². The lowest BCUT2D eigenvalue weighted by atomic mass is 9.93. The van der Waals surface area contributed by atoms with Crippen molar-refractivity contribution in [3.05, 3.63) is 96.6 Å². The van der Waals surface area contributed by atoms with Gasteiger partial charge in [-0.1, -0.05) is 54.6 Å². The minimum Gasteiger partial charge on any atom is -0.507 e. The van der Waals surface area contributed by atoms with Crippen molar-refractivity contribution in [1.82, 2.24) is 0 Å². The molecule has 0 aliphatic heterocycles. The molecule has 3 N–H and O–H groups in total. The number of aromatic hydroxyl groups is 2. The van der Waals surface area contributed by atoms with Gasteiger partial charge in [0.1, 0.15) is 11.5 Å². The summed E-state index contributed by atoms with van der Waals surface area (Å²) in [6.07, 6.45) is 0. The number of fused-ring (bicyclic) bond motifs is 2. The quantitative estimate of drug-likeness (QED) is 0.213. The molecule has 0 bridgehead atoms. The molecule has 8 heteroatoms. The number of benzene rings is 5. The summed E-state index contributed by atoms with van der Waals surface area (Å²) >= 11 is 0. The third-order valence-corrected chi connectivity index (χ3v) is 7.40. The first kappa shape index (κ1) is 23.2. The minimum atomic E-state index is -4.06. The molecule has 7 nitrogen and oxygen atoms in total. The van der Waals surface area contributed by atoms with Crippen LogP contribution in [-0.4, -0.2) is 31.7 Å². The standard InChI is InChI=1S/C28H21NO6S/c1-35-28(32)18-10-13-19(14-11-18)36(33,34)29-24-16-23(27(31)22-9-5-4-8-21(22)24)26-20-7-3-2-6-17(20)12-15-25(26)30/h2-16,29-31H,1H3. The minimum absolute atomic E-state index is 0.0495. The lowest BCUT2D eigenvalue weighted by Gasteiger charge is -2.17. The molecule has 0 amide bonds. The van der Waals surface area contributed by atoms with Crippen molar-refractivity contribution in [3.63, 3.8) is 0 Å². The Morgan fingerprint density at radius 3 is 2.14 bits per heavy atom. The van der Waals surface area contributed by atoms with Crippen molar-refractivity contribution in [3.8, 4) is 22.6 Å².